The summed E-state index contributed by atoms with van der Waals surface area (Å²) in [6.07, 6.45) is 4.69. The van der Waals surface area contributed by atoms with E-state index in [4.69, 9.17) is 0 Å². The van der Waals surface area contributed by atoms with Crippen molar-refractivity contribution in [2.75, 3.05) is 0 Å². The van der Waals surface area contributed by atoms with Crippen LogP contribution in [0.15, 0.2) is 36.5 Å². The summed E-state index contributed by atoms with van der Waals surface area (Å²) in [5.41, 5.74) is 4.56. The molecule has 2 aromatic rings. The number of benzene rings is 1. The molecule has 0 unspecified atom stereocenters. The van der Waals surface area contributed by atoms with Crippen LogP contribution in [-0.2, 0) is 13.5 Å². The molecule has 0 saturated heterocycles. The SMILES string of the molecule is Cn1cc2c(c1-c1ccccc1)CCCC2=O. The molecule has 1 aromatic heterocycles. The third-order valence-corrected chi connectivity index (χ3v) is 3.46. The summed E-state index contributed by atoms with van der Waals surface area (Å²) >= 11 is 0. The van der Waals surface area contributed by atoms with E-state index in [2.05, 4.69) is 16.7 Å². The zero-order valence-corrected chi connectivity index (χ0v) is 9.94. The van der Waals surface area contributed by atoms with Crippen LogP contribution < -0.4 is 0 Å². The average molecular weight is 225 g/mol. The van der Waals surface area contributed by atoms with E-state index in [0.717, 1.165) is 18.4 Å². The monoisotopic (exact) mass is 225 g/mol. The smallest absolute Gasteiger partial charge is 0.164 e. The summed E-state index contributed by atoms with van der Waals surface area (Å²) in [5, 5.41) is 0. The minimum atomic E-state index is 0.295. The maximum Gasteiger partial charge on any atom is 0.164 e. The van der Waals surface area contributed by atoms with E-state index in [1.54, 1.807) is 0 Å². The summed E-state index contributed by atoms with van der Waals surface area (Å²) in [6, 6.07) is 10.3. The van der Waals surface area contributed by atoms with Crippen LogP contribution in [0, 0.1) is 0 Å². The van der Waals surface area contributed by atoms with Crippen molar-refractivity contribution in [1.29, 1.82) is 0 Å². The highest BCUT2D eigenvalue weighted by atomic mass is 16.1. The van der Waals surface area contributed by atoms with E-state index in [-0.39, 0.29) is 0 Å². The largest absolute Gasteiger partial charge is 0.350 e. The summed E-state index contributed by atoms with van der Waals surface area (Å²) < 4.78 is 2.09. The number of ketones is 1. The van der Waals surface area contributed by atoms with Gasteiger partial charge in [0.2, 0.25) is 0 Å². The topological polar surface area (TPSA) is 22.0 Å². The third kappa shape index (κ3) is 1.60. The summed E-state index contributed by atoms with van der Waals surface area (Å²) in [7, 11) is 2.02. The first-order chi connectivity index (χ1) is 8.27. The second-order valence-corrected chi connectivity index (χ2v) is 4.62. The van der Waals surface area contributed by atoms with Crippen molar-refractivity contribution in [3.63, 3.8) is 0 Å². The van der Waals surface area contributed by atoms with Gasteiger partial charge in [-0.15, -0.1) is 0 Å². The van der Waals surface area contributed by atoms with Crippen molar-refractivity contribution < 1.29 is 4.79 Å². The van der Waals surface area contributed by atoms with Gasteiger partial charge in [0.05, 0.1) is 5.69 Å². The fourth-order valence-corrected chi connectivity index (χ4v) is 2.70. The maximum absolute atomic E-state index is 11.9. The second-order valence-electron chi connectivity index (χ2n) is 4.62. The number of rotatable bonds is 1. The molecule has 86 valence electrons. The molecule has 0 radical (unpaired) electrons. The molecule has 0 N–H and O–H groups in total. The standard InChI is InChI=1S/C15H15NO/c1-16-10-13-12(8-5-9-14(13)17)15(16)11-6-3-2-4-7-11/h2-4,6-7,10H,5,8-9H2,1H3. The number of fused-ring (bicyclic) bond motifs is 1. The van der Waals surface area contributed by atoms with Crippen LogP contribution in [0.5, 0.6) is 0 Å². The van der Waals surface area contributed by atoms with Crippen LogP contribution >= 0.6 is 0 Å². The van der Waals surface area contributed by atoms with Gasteiger partial charge >= 0.3 is 0 Å². The number of Topliss-reactive ketones (excluding diaryl/α,β-unsaturated/α-hetero) is 1. The summed E-state index contributed by atoms with van der Waals surface area (Å²) in [5.74, 6) is 0.295. The Hall–Kier alpha value is -1.83. The van der Waals surface area contributed by atoms with Gasteiger partial charge in [-0.25, -0.2) is 0 Å². The lowest BCUT2D eigenvalue weighted by Gasteiger charge is -2.12. The quantitative estimate of drug-likeness (QED) is 0.730. The predicted octanol–water partition coefficient (Wildman–Crippen LogP) is 3.21. The molecular weight excluding hydrogens is 210 g/mol. The molecule has 0 bridgehead atoms. The highest BCUT2D eigenvalue weighted by molar-refractivity contribution is 6.00. The van der Waals surface area contributed by atoms with Crippen LogP contribution in [0.3, 0.4) is 0 Å². The first-order valence-electron chi connectivity index (χ1n) is 6.04. The van der Waals surface area contributed by atoms with Crippen molar-refractivity contribution in [1.82, 2.24) is 4.57 Å². The van der Waals surface area contributed by atoms with Crippen molar-refractivity contribution in [3.8, 4) is 11.3 Å². The molecule has 1 aliphatic carbocycles. The fourth-order valence-electron chi connectivity index (χ4n) is 2.70. The van der Waals surface area contributed by atoms with E-state index in [1.165, 1.54) is 16.8 Å². The van der Waals surface area contributed by atoms with Crippen LogP contribution in [0.1, 0.15) is 28.8 Å². The van der Waals surface area contributed by atoms with Gasteiger partial charge in [0.15, 0.2) is 5.78 Å². The highest BCUT2D eigenvalue weighted by Crippen LogP contribution is 2.32. The Morgan fingerprint density at radius 3 is 2.65 bits per heavy atom. The van der Waals surface area contributed by atoms with Crippen LogP contribution in [0.2, 0.25) is 0 Å². The minimum Gasteiger partial charge on any atom is -0.350 e. The van der Waals surface area contributed by atoms with Crippen molar-refractivity contribution in [3.05, 3.63) is 47.7 Å². The molecule has 0 fully saturated rings. The Morgan fingerprint density at radius 1 is 1.12 bits per heavy atom. The molecule has 1 heterocycles. The highest BCUT2D eigenvalue weighted by Gasteiger charge is 2.23. The Kier molecular flexibility index (Phi) is 2.36. The first-order valence-corrected chi connectivity index (χ1v) is 6.04. The van der Waals surface area contributed by atoms with E-state index in [1.807, 2.05) is 31.4 Å². The maximum atomic E-state index is 11.9. The van der Waals surface area contributed by atoms with Gasteiger partial charge in [0.25, 0.3) is 0 Å². The molecule has 0 aliphatic heterocycles. The van der Waals surface area contributed by atoms with Gasteiger partial charge in [-0.05, 0) is 24.0 Å². The van der Waals surface area contributed by atoms with Crippen molar-refractivity contribution in [2.24, 2.45) is 7.05 Å². The number of hydrogen-bond donors (Lipinski definition) is 0. The molecule has 2 nitrogen and oxygen atoms in total. The predicted molar refractivity (Wildman–Crippen MR) is 68.1 cm³/mol. The third-order valence-electron chi connectivity index (χ3n) is 3.46. The molecule has 0 saturated carbocycles. The van der Waals surface area contributed by atoms with E-state index in [0.29, 0.717) is 12.2 Å². The second kappa shape index (κ2) is 3.88. The van der Waals surface area contributed by atoms with Crippen molar-refractivity contribution >= 4 is 5.78 Å². The number of nitrogens with zero attached hydrogens (tertiary/aromatic N) is 1. The van der Waals surface area contributed by atoms with Gasteiger partial charge in [-0.1, -0.05) is 30.3 Å². The lowest BCUT2D eigenvalue weighted by atomic mass is 9.91. The Morgan fingerprint density at radius 2 is 1.88 bits per heavy atom. The van der Waals surface area contributed by atoms with Crippen LogP contribution in [0.25, 0.3) is 11.3 Å². The van der Waals surface area contributed by atoms with Gasteiger partial charge in [0, 0.05) is 25.2 Å². The molecular formula is C15H15NO. The molecule has 2 heteroatoms. The van der Waals surface area contributed by atoms with Crippen LogP contribution in [-0.4, -0.2) is 10.4 Å². The number of aryl methyl sites for hydroxylation is 1. The van der Waals surface area contributed by atoms with Gasteiger partial charge in [-0.2, -0.15) is 0 Å². The number of carbonyl (C=O) groups is 1. The summed E-state index contributed by atoms with van der Waals surface area (Å²) in [6.45, 7) is 0. The van der Waals surface area contributed by atoms with E-state index >= 15 is 0 Å². The average Bonchev–Trinajstić information content (AvgIpc) is 2.68. The molecule has 0 spiro atoms. The Labute approximate surface area is 101 Å². The lowest BCUT2D eigenvalue weighted by molar-refractivity contribution is 0.0973. The number of carbonyl (C=O) groups excluding carboxylic acids is 1. The number of hydrogen-bond acceptors (Lipinski definition) is 1. The molecule has 1 aliphatic rings. The van der Waals surface area contributed by atoms with Crippen LogP contribution in [0.4, 0.5) is 0 Å². The molecule has 17 heavy (non-hydrogen) atoms. The fraction of sp³-hybridized carbons (Fsp3) is 0.267. The van der Waals surface area contributed by atoms with E-state index in [9.17, 15) is 4.79 Å². The summed E-state index contributed by atoms with van der Waals surface area (Å²) in [4.78, 5) is 11.9. The number of aromatic nitrogens is 1. The molecule has 0 amide bonds. The first kappa shape index (κ1) is 10.3. The molecule has 0 atom stereocenters. The van der Waals surface area contributed by atoms with Gasteiger partial charge in [-0.3, -0.25) is 4.79 Å². The Bertz CT molecular complexity index is 566. The zero-order valence-electron chi connectivity index (χ0n) is 9.94. The van der Waals surface area contributed by atoms with Gasteiger partial charge < -0.3 is 4.57 Å². The lowest BCUT2D eigenvalue weighted by Crippen LogP contribution is -2.08. The zero-order chi connectivity index (χ0) is 11.8. The Balaban J connectivity index is 2.21. The normalized spacial score (nSPS) is 14.8. The molecule has 3 rings (SSSR count). The minimum absolute atomic E-state index is 0.295. The van der Waals surface area contributed by atoms with E-state index < -0.39 is 0 Å². The van der Waals surface area contributed by atoms with Gasteiger partial charge in [0.1, 0.15) is 0 Å². The van der Waals surface area contributed by atoms with Crippen molar-refractivity contribution in [2.45, 2.75) is 19.3 Å². The molecule has 1 aromatic carbocycles.